The molecule has 0 amide bonds. The normalized spacial score (nSPS) is 25.4. The first-order valence-corrected chi connectivity index (χ1v) is 7.28. The Labute approximate surface area is 107 Å². The standard InChI is InChI=1S/C12H22N4S/c1-3-9-4-6-10(7-5-9)16(2)8-11-14-15-12(13)17-11/h9-10H,3-8H2,1-2H3,(H2,13,15). The number of nitrogens with two attached hydrogens (primary N) is 1. The summed E-state index contributed by atoms with van der Waals surface area (Å²) in [7, 11) is 2.19. The highest BCUT2D eigenvalue weighted by Crippen LogP contribution is 2.29. The molecule has 1 aliphatic carbocycles. The molecule has 5 heteroatoms. The van der Waals surface area contributed by atoms with E-state index in [0.717, 1.165) is 17.5 Å². The Balaban J connectivity index is 1.82. The predicted octanol–water partition coefficient (Wildman–Crippen LogP) is 2.52. The van der Waals surface area contributed by atoms with E-state index in [9.17, 15) is 0 Å². The molecule has 1 fully saturated rings. The first-order chi connectivity index (χ1) is 8.19. The van der Waals surface area contributed by atoms with Crippen molar-refractivity contribution < 1.29 is 0 Å². The first-order valence-electron chi connectivity index (χ1n) is 6.47. The molecule has 0 atom stereocenters. The molecule has 1 saturated carbocycles. The van der Waals surface area contributed by atoms with E-state index in [1.54, 1.807) is 0 Å². The predicted molar refractivity (Wildman–Crippen MR) is 71.8 cm³/mol. The van der Waals surface area contributed by atoms with E-state index in [1.807, 2.05) is 0 Å². The van der Waals surface area contributed by atoms with Crippen LogP contribution >= 0.6 is 11.3 Å². The smallest absolute Gasteiger partial charge is 0.203 e. The van der Waals surface area contributed by atoms with Crippen LogP contribution in [0.4, 0.5) is 5.13 Å². The number of rotatable bonds is 4. The molecular formula is C12H22N4S. The number of hydrogen-bond donors (Lipinski definition) is 1. The quantitative estimate of drug-likeness (QED) is 0.897. The Morgan fingerprint density at radius 2 is 2.00 bits per heavy atom. The molecule has 0 bridgehead atoms. The van der Waals surface area contributed by atoms with E-state index in [2.05, 4.69) is 29.1 Å². The van der Waals surface area contributed by atoms with Gasteiger partial charge in [-0.05, 0) is 38.6 Å². The summed E-state index contributed by atoms with van der Waals surface area (Å²) in [6.07, 6.45) is 6.74. The van der Waals surface area contributed by atoms with Crippen molar-refractivity contribution in [3.8, 4) is 0 Å². The second-order valence-electron chi connectivity index (χ2n) is 5.03. The van der Waals surface area contributed by atoms with Crippen LogP contribution in [0.1, 0.15) is 44.0 Å². The minimum absolute atomic E-state index is 0.572. The molecule has 2 N–H and O–H groups in total. The van der Waals surface area contributed by atoms with Crippen LogP contribution in [0.3, 0.4) is 0 Å². The Morgan fingerprint density at radius 3 is 2.53 bits per heavy atom. The second kappa shape index (κ2) is 5.78. The first kappa shape index (κ1) is 12.8. The van der Waals surface area contributed by atoms with Gasteiger partial charge in [-0.2, -0.15) is 0 Å². The van der Waals surface area contributed by atoms with E-state index in [1.165, 1.54) is 43.4 Å². The minimum Gasteiger partial charge on any atom is -0.374 e. The highest BCUT2D eigenvalue weighted by Gasteiger charge is 2.23. The lowest BCUT2D eigenvalue weighted by molar-refractivity contribution is 0.157. The minimum atomic E-state index is 0.572. The number of nitrogens with zero attached hydrogens (tertiary/aromatic N) is 3. The van der Waals surface area contributed by atoms with Crippen LogP contribution in [0.15, 0.2) is 0 Å². The van der Waals surface area contributed by atoms with Crippen LogP contribution in [0.2, 0.25) is 0 Å². The van der Waals surface area contributed by atoms with Gasteiger partial charge in [0, 0.05) is 6.04 Å². The van der Waals surface area contributed by atoms with Crippen molar-refractivity contribution >= 4 is 16.5 Å². The average Bonchev–Trinajstić information content (AvgIpc) is 2.75. The van der Waals surface area contributed by atoms with Gasteiger partial charge >= 0.3 is 0 Å². The van der Waals surface area contributed by atoms with Gasteiger partial charge in [0.1, 0.15) is 5.01 Å². The highest BCUT2D eigenvalue weighted by atomic mass is 32.1. The third-order valence-electron chi connectivity index (χ3n) is 3.88. The molecule has 0 aromatic carbocycles. The molecule has 0 radical (unpaired) electrons. The van der Waals surface area contributed by atoms with Gasteiger partial charge < -0.3 is 5.73 Å². The molecule has 0 saturated heterocycles. The number of nitrogen functional groups attached to an aromatic ring is 1. The average molecular weight is 254 g/mol. The maximum atomic E-state index is 5.60. The van der Waals surface area contributed by atoms with Gasteiger partial charge in [0.05, 0.1) is 6.54 Å². The van der Waals surface area contributed by atoms with Crippen LogP contribution in [0, 0.1) is 5.92 Å². The SMILES string of the molecule is CCC1CCC(N(C)Cc2nnc(N)s2)CC1. The largest absolute Gasteiger partial charge is 0.374 e. The Hall–Kier alpha value is -0.680. The van der Waals surface area contributed by atoms with Gasteiger partial charge in [-0.25, -0.2) is 0 Å². The third kappa shape index (κ3) is 3.39. The Bertz CT molecular complexity index is 344. The van der Waals surface area contributed by atoms with Crippen LogP contribution in [-0.4, -0.2) is 28.2 Å². The fraction of sp³-hybridized carbons (Fsp3) is 0.833. The van der Waals surface area contributed by atoms with Crippen molar-refractivity contribution in [2.45, 2.75) is 51.6 Å². The molecule has 0 unspecified atom stereocenters. The van der Waals surface area contributed by atoms with Crippen molar-refractivity contribution in [3.05, 3.63) is 5.01 Å². The van der Waals surface area contributed by atoms with Crippen molar-refractivity contribution in [2.75, 3.05) is 12.8 Å². The molecule has 1 aliphatic rings. The third-order valence-corrected chi connectivity index (χ3v) is 4.62. The molecule has 2 rings (SSSR count). The van der Waals surface area contributed by atoms with Crippen molar-refractivity contribution in [2.24, 2.45) is 5.92 Å². The number of anilines is 1. The molecule has 0 aliphatic heterocycles. The molecular weight excluding hydrogens is 232 g/mol. The van der Waals surface area contributed by atoms with Gasteiger partial charge in [-0.1, -0.05) is 24.7 Å². The van der Waals surface area contributed by atoms with E-state index < -0.39 is 0 Å². The van der Waals surface area contributed by atoms with E-state index >= 15 is 0 Å². The zero-order valence-corrected chi connectivity index (χ0v) is 11.5. The summed E-state index contributed by atoms with van der Waals surface area (Å²) < 4.78 is 0. The lowest BCUT2D eigenvalue weighted by Crippen LogP contribution is -2.34. The second-order valence-corrected chi connectivity index (χ2v) is 6.13. The molecule has 0 spiro atoms. The molecule has 1 heterocycles. The number of hydrogen-bond acceptors (Lipinski definition) is 5. The van der Waals surface area contributed by atoms with Crippen molar-refractivity contribution in [3.63, 3.8) is 0 Å². The van der Waals surface area contributed by atoms with E-state index in [4.69, 9.17) is 5.73 Å². The molecule has 1 aromatic heterocycles. The maximum Gasteiger partial charge on any atom is 0.203 e. The van der Waals surface area contributed by atoms with Crippen LogP contribution in [-0.2, 0) is 6.54 Å². The van der Waals surface area contributed by atoms with Gasteiger partial charge in [0.2, 0.25) is 5.13 Å². The van der Waals surface area contributed by atoms with E-state index in [0.29, 0.717) is 11.2 Å². The molecule has 4 nitrogen and oxygen atoms in total. The summed E-state index contributed by atoms with van der Waals surface area (Å²) >= 11 is 1.50. The van der Waals surface area contributed by atoms with Crippen molar-refractivity contribution in [1.29, 1.82) is 0 Å². The van der Waals surface area contributed by atoms with Crippen molar-refractivity contribution in [1.82, 2.24) is 15.1 Å². The summed E-state index contributed by atoms with van der Waals surface area (Å²) in [5, 5.41) is 9.55. The summed E-state index contributed by atoms with van der Waals surface area (Å²) in [6.45, 7) is 3.19. The Morgan fingerprint density at radius 1 is 1.29 bits per heavy atom. The molecule has 1 aromatic rings. The fourth-order valence-electron chi connectivity index (χ4n) is 2.67. The lowest BCUT2D eigenvalue weighted by Gasteiger charge is -2.33. The van der Waals surface area contributed by atoms with Gasteiger partial charge in [0.15, 0.2) is 0 Å². The highest BCUT2D eigenvalue weighted by molar-refractivity contribution is 7.15. The molecule has 96 valence electrons. The van der Waals surface area contributed by atoms with Gasteiger partial charge in [-0.15, -0.1) is 10.2 Å². The summed E-state index contributed by atoms with van der Waals surface area (Å²) in [6, 6.07) is 0.711. The van der Waals surface area contributed by atoms with Gasteiger partial charge in [0.25, 0.3) is 0 Å². The summed E-state index contributed by atoms with van der Waals surface area (Å²) in [5.41, 5.74) is 5.60. The monoisotopic (exact) mass is 254 g/mol. The topological polar surface area (TPSA) is 55.0 Å². The number of aromatic nitrogens is 2. The van der Waals surface area contributed by atoms with Crippen LogP contribution < -0.4 is 5.73 Å². The zero-order chi connectivity index (χ0) is 12.3. The lowest BCUT2D eigenvalue weighted by atomic mass is 9.84. The van der Waals surface area contributed by atoms with Gasteiger partial charge in [-0.3, -0.25) is 4.90 Å². The Kier molecular flexibility index (Phi) is 4.34. The zero-order valence-electron chi connectivity index (χ0n) is 10.7. The van der Waals surface area contributed by atoms with Crippen LogP contribution in [0.25, 0.3) is 0 Å². The fourth-order valence-corrected chi connectivity index (χ4v) is 3.34. The molecule has 17 heavy (non-hydrogen) atoms. The summed E-state index contributed by atoms with van der Waals surface area (Å²) in [4.78, 5) is 2.41. The summed E-state index contributed by atoms with van der Waals surface area (Å²) in [5.74, 6) is 0.955. The van der Waals surface area contributed by atoms with E-state index in [-0.39, 0.29) is 0 Å². The maximum absolute atomic E-state index is 5.60. The van der Waals surface area contributed by atoms with Crippen LogP contribution in [0.5, 0.6) is 0 Å².